The fourth-order valence-electron chi connectivity index (χ4n) is 2.48. The highest BCUT2D eigenvalue weighted by Crippen LogP contribution is 2.21. The molecule has 1 saturated heterocycles. The van der Waals surface area contributed by atoms with E-state index in [4.69, 9.17) is 9.15 Å². The van der Waals surface area contributed by atoms with Gasteiger partial charge in [0.05, 0.1) is 13.5 Å². The lowest BCUT2D eigenvalue weighted by Gasteiger charge is -2.11. The van der Waals surface area contributed by atoms with Gasteiger partial charge in [0.1, 0.15) is 5.75 Å². The maximum Gasteiger partial charge on any atom is 0.311 e. The monoisotopic (exact) mass is 287 g/mol. The lowest BCUT2D eigenvalue weighted by atomic mass is 10.1. The van der Waals surface area contributed by atoms with Gasteiger partial charge in [-0.25, -0.2) is 0 Å². The van der Waals surface area contributed by atoms with Crippen molar-refractivity contribution >= 4 is 5.91 Å². The molecule has 0 aliphatic carbocycles. The molecule has 1 aliphatic rings. The van der Waals surface area contributed by atoms with Gasteiger partial charge in [-0.3, -0.25) is 4.79 Å². The Hall–Kier alpha value is -2.37. The SMILES string of the molecule is COc1ccccc1Cc1nnc(C(=O)N2CCCC2)o1. The summed E-state index contributed by atoms with van der Waals surface area (Å²) in [6.07, 6.45) is 2.52. The summed E-state index contributed by atoms with van der Waals surface area (Å²) >= 11 is 0. The standard InChI is InChI=1S/C15H17N3O3/c1-20-12-7-3-2-6-11(12)10-13-16-17-14(21-13)15(19)18-8-4-5-9-18/h2-3,6-7H,4-5,8-10H2,1H3. The third-order valence-corrected chi connectivity index (χ3v) is 3.58. The van der Waals surface area contributed by atoms with Gasteiger partial charge in [-0.2, -0.15) is 0 Å². The summed E-state index contributed by atoms with van der Waals surface area (Å²) in [4.78, 5) is 13.9. The second-order valence-corrected chi connectivity index (χ2v) is 4.99. The number of aromatic nitrogens is 2. The summed E-state index contributed by atoms with van der Waals surface area (Å²) in [6, 6.07) is 7.63. The number of para-hydroxylation sites is 1. The average Bonchev–Trinajstić information content (AvgIpc) is 3.19. The van der Waals surface area contributed by atoms with E-state index in [-0.39, 0.29) is 11.8 Å². The number of methoxy groups -OCH3 is 1. The molecule has 3 rings (SSSR count). The molecule has 1 aliphatic heterocycles. The van der Waals surface area contributed by atoms with Crippen molar-refractivity contribution in [3.05, 3.63) is 41.6 Å². The molecule has 0 radical (unpaired) electrons. The number of nitrogens with zero attached hydrogens (tertiary/aromatic N) is 3. The molecule has 1 aromatic carbocycles. The molecule has 0 bridgehead atoms. The lowest BCUT2D eigenvalue weighted by Crippen LogP contribution is -2.27. The number of rotatable bonds is 4. The van der Waals surface area contributed by atoms with E-state index < -0.39 is 0 Å². The largest absolute Gasteiger partial charge is 0.496 e. The van der Waals surface area contributed by atoms with Crippen LogP contribution in [-0.4, -0.2) is 41.2 Å². The van der Waals surface area contributed by atoms with Crippen molar-refractivity contribution in [3.63, 3.8) is 0 Å². The normalized spacial score (nSPS) is 14.4. The highest BCUT2D eigenvalue weighted by Gasteiger charge is 2.24. The summed E-state index contributed by atoms with van der Waals surface area (Å²) in [6.45, 7) is 1.53. The van der Waals surface area contributed by atoms with Crippen molar-refractivity contribution in [1.82, 2.24) is 15.1 Å². The van der Waals surface area contributed by atoms with E-state index in [0.717, 1.165) is 37.2 Å². The van der Waals surface area contributed by atoms with Gasteiger partial charge < -0.3 is 14.1 Å². The number of likely N-dealkylation sites (tertiary alicyclic amines) is 1. The van der Waals surface area contributed by atoms with E-state index in [0.29, 0.717) is 12.3 Å². The molecule has 1 amide bonds. The zero-order chi connectivity index (χ0) is 14.7. The van der Waals surface area contributed by atoms with Gasteiger partial charge in [0.15, 0.2) is 0 Å². The zero-order valence-corrected chi connectivity index (χ0v) is 11.9. The van der Waals surface area contributed by atoms with Crippen molar-refractivity contribution in [2.75, 3.05) is 20.2 Å². The number of hydrogen-bond donors (Lipinski definition) is 0. The van der Waals surface area contributed by atoms with Gasteiger partial charge in [-0.15, -0.1) is 10.2 Å². The summed E-state index contributed by atoms with van der Waals surface area (Å²) in [5.74, 6) is 1.08. The highest BCUT2D eigenvalue weighted by molar-refractivity contribution is 5.89. The predicted octanol–water partition coefficient (Wildman–Crippen LogP) is 1.91. The average molecular weight is 287 g/mol. The fraction of sp³-hybridized carbons (Fsp3) is 0.400. The molecule has 0 spiro atoms. The molecule has 0 unspecified atom stereocenters. The number of carbonyl (C=O) groups is 1. The van der Waals surface area contributed by atoms with Gasteiger partial charge in [0.25, 0.3) is 0 Å². The van der Waals surface area contributed by atoms with Crippen LogP contribution in [0.2, 0.25) is 0 Å². The minimum absolute atomic E-state index is 0.0711. The lowest BCUT2D eigenvalue weighted by molar-refractivity contribution is 0.0751. The Morgan fingerprint density at radius 1 is 1.29 bits per heavy atom. The predicted molar refractivity (Wildman–Crippen MR) is 75.2 cm³/mol. The number of amides is 1. The van der Waals surface area contributed by atoms with E-state index in [2.05, 4.69) is 10.2 Å². The maximum absolute atomic E-state index is 12.1. The summed E-state index contributed by atoms with van der Waals surface area (Å²) in [5.41, 5.74) is 0.948. The van der Waals surface area contributed by atoms with Crippen LogP contribution in [0.5, 0.6) is 5.75 Å². The van der Waals surface area contributed by atoms with Crippen molar-refractivity contribution in [1.29, 1.82) is 0 Å². The Morgan fingerprint density at radius 2 is 2.05 bits per heavy atom. The van der Waals surface area contributed by atoms with Crippen LogP contribution in [-0.2, 0) is 6.42 Å². The van der Waals surface area contributed by atoms with Gasteiger partial charge in [0.2, 0.25) is 5.89 Å². The molecular formula is C15H17N3O3. The smallest absolute Gasteiger partial charge is 0.311 e. The van der Waals surface area contributed by atoms with Gasteiger partial charge in [-0.05, 0) is 18.9 Å². The number of benzene rings is 1. The molecule has 2 heterocycles. The van der Waals surface area contributed by atoms with Crippen LogP contribution in [0.1, 0.15) is 35.0 Å². The zero-order valence-electron chi connectivity index (χ0n) is 11.9. The molecule has 0 atom stereocenters. The van der Waals surface area contributed by atoms with E-state index in [1.165, 1.54) is 0 Å². The molecule has 110 valence electrons. The Morgan fingerprint density at radius 3 is 2.81 bits per heavy atom. The maximum atomic E-state index is 12.1. The van der Waals surface area contributed by atoms with Crippen molar-refractivity contribution in [2.45, 2.75) is 19.3 Å². The quantitative estimate of drug-likeness (QED) is 0.859. The summed E-state index contributed by atoms with van der Waals surface area (Å²) in [7, 11) is 1.62. The van der Waals surface area contributed by atoms with Crippen LogP contribution in [0, 0.1) is 0 Å². The minimum Gasteiger partial charge on any atom is -0.496 e. The summed E-state index contributed by atoms with van der Waals surface area (Å²) < 4.78 is 10.8. The molecule has 2 aromatic rings. The third-order valence-electron chi connectivity index (χ3n) is 3.58. The van der Waals surface area contributed by atoms with Crippen molar-refractivity contribution in [2.24, 2.45) is 0 Å². The number of hydrogen-bond acceptors (Lipinski definition) is 5. The van der Waals surface area contributed by atoms with Gasteiger partial charge in [0, 0.05) is 18.7 Å². The second-order valence-electron chi connectivity index (χ2n) is 4.99. The van der Waals surface area contributed by atoms with E-state index in [9.17, 15) is 4.79 Å². The van der Waals surface area contributed by atoms with E-state index >= 15 is 0 Å². The molecule has 1 fully saturated rings. The second kappa shape index (κ2) is 5.95. The Balaban J connectivity index is 1.74. The highest BCUT2D eigenvalue weighted by atomic mass is 16.5. The molecule has 6 nitrogen and oxygen atoms in total. The van der Waals surface area contributed by atoms with Crippen LogP contribution >= 0.6 is 0 Å². The van der Waals surface area contributed by atoms with Gasteiger partial charge in [-0.1, -0.05) is 18.2 Å². The first kappa shape index (κ1) is 13.6. The van der Waals surface area contributed by atoms with Crippen LogP contribution < -0.4 is 4.74 Å². The van der Waals surface area contributed by atoms with E-state index in [1.54, 1.807) is 12.0 Å². The molecule has 0 N–H and O–H groups in total. The fourth-order valence-corrected chi connectivity index (χ4v) is 2.48. The third kappa shape index (κ3) is 2.89. The first-order valence-corrected chi connectivity index (χ1v) is 7.01. The number of carbonyl (C=O) groups excluding carboxylic acids is 1. The molecule has 0 saturated carbocycles. The molecule has 21 heavy (non-hydrogen) atoms. The van der Waals surface area contributed by atoms with Crippen molar-refractivity contribution in [3.8, 4) is 5.75 Å². The van der Waals surface area contributed by atoms with Crippen LogP contribution in [0.15, 0.2) is 28.7 Å². The van der Waals surface area contributed by atoms with Crippen LogP contribution in [0.4, 0.5) is 0 Å². The Bertz CT molecular complexity index is 633. The minimum atomic E-state index is -0.175. The molecule has 1 aromatic heterocycles. The van der Waals surface area contributed by atoms with Gasteiger partial charge >= 0.3 is 11.8 Å². The summed E-state index contributed by atoms with van der Waals surface area (Å²) in [5, 5.41) is 7.82. The van der Waals surface area contributed by atoms with Crippen molar-refractivity contribution < 1.29 is 13.9 Å². The first-order chi connectivity index (χ1) is 10.3. The van der Waals surface area contributed by atoms with Crippen LogP contribution in [0.3, 0.4) is 0 Å². The topological polar surface area (TPSA) is 68.5 Å². The Labute approximate surface area is 122 Å². The first-order valence-electron chi connectivity index (χ1n) is 7.01. The van der Waals surface area contributed by atoms with E-state index in [1.807, 2.05) is 24.3 Å². The number of ether oxygens (including phenoxy) is 1. The molecule has 6 heteroatoms. The Kier molecular flexibility index (Phi) is 3.85. The van der Waals surface area contributed by atoms with Crippen LogP contribution in [0.25, 0.3) is 0 Å². The molecular weight excluding hydrogens is 270 g/mol.